The van der Waals surface area contributed by atoms with Gasteiger partial charge in [-0.15, -0.1) is 0 Å². The number of ether oxygens (including phenoxy) is 2. The van der Waals surface area contributed by atoms with Crippen molar-refractivity contribution in [3.63, 3.8) is 0 Å². The lowest BCUT2D eigenvalue weighted by atomic mass is 10.1. The SMILES string of the molecule is Cc1ccc([C@@H](CNC(=O)NC[C@@H]2CCOC2)N2CCOCC2)o1. The van der Waals surface area contributed by atoms with Gasteiger partial charge in [0, 0.05) is 38.7 Å². The highest BCUT2D eigenvalue weighted by Crippen LogP contribution is 2.23. The number of furan rings is 1. The molecular weight excluding hydrogens is 310 g/mol. The van der Waals surface area contributed by atoms with Crippen molar-refractivity contribution in [3.8, 4) is 0 Å². The first-order chi connectivity index (χ1) is 11.7. The molecule has 0 radical (unpaired) electrons. The molecule has 2 aliphatic rings. The summed E-state index contributed by atoms with van der Waals surface area (Å²) in [7, 11) is 0. The molecule has 0 unspecified atom stereocenters. The Hall–Kier alpha value is -1.57. The summed E-state index contributed by atoms with van der Waals surface area (Å²) in [5, 5.41) is 5.91. The van der Waals surface area contributed by atoms with Crippen molar-refractivity contribution in [3.05, 3.63) is 23.7 Å². The van der Waals surface area contributed by atoms with Crippen LogP contribution in [0.2, 0.25) is 0 Å². The van der Waals surface area contributed by atoms with Crippen LogP contribution in [0.5, 0.6) is 0 Å². The Balaban J connectivity index is 1.52. The molecule has 1 aromatic rings. The lowest BCUT2D eigenvalue weighted by molar-refractivity contribution is 0.0121. The van der Waals surface area contributed by atoms with Gasteiger partial charge in [0.1, 0.15) is 11.5 Å². The number of hydrogen-bond donors (Lipinski definition) is 2. The molecule has 2 atom stereocenters. The van der Waals surface area contributed by atoms with Crippen molar-refractivity contribution in [2.24, 2.45) is 5.92 Å². The average molecular weight is 337 g/mol. The number of rotatable bonds is 6. The highest BCUT2D eigenvalue weighted by Gasteiger charge is 2.26. The van der Waals surface area contributed by atoms with E-state index in [1.54, 1.807) is 0 Å². The number of urea groups is 1. The van der Waals surface area contributed by atoms with Gasteiger partial charge in [0.05, 0.1) is 25.9 Å². The predicted octanol–water partition coefficient (Wildman–Crippen LogP) is 1.30. The van der Waals surface area contributed by atoms with Crippen LogP contribution in [0.3, 0.4) is 0 Å². The van der Waals surface area contributed by atoms with Crippen LogP contribution in [-0.2, 0) is 9.47 Å². The van der Waals surface area contributed by atoms with Crippen LogP contribution in [0.4, 0.5) is 4.79 Å². The van der Waals surface area contributed by atoms with E-state index >= 15 is 0 Å². The summed E-state index contributed by atoms with van der Waals surface area (Å²) in [5.74, 6) is 2.20. The third-order valence-electron chi connectivity index (χ3n) is 4.61. The second kappa shape index (κ2) is 8.50. The third kappa shape index (κ3) is 4.72. The van der Waals surface area contributed by atoms with E-state index in [0.29, 0.717) is 32.2 Å². The predicted molar refractivity (Wildman–Crippen MR) is 88.9 cm³/mol. The molecule has 2 saturated heterocycles. The molecule has 0 aromatic carbocycles. The number of carbonyl (C=O) groups is 1. The van der Waals surface area contributed by atoms with Gasteiger partial charge in [0.15, 0.2) is 0 Å². The quantitative estimate of drug-likeness (QED) is 0.818. The Morgan fingerprint density at radius 3 is 2.75 bits per heavy atom. The molecule has 134 valence electrons. The lowest BCUT2D eigenvalue weighted by Crippen LogP contribution is -2.46. The third-order valence-corrected chi connectivity index (χ3v) is 4.61. The molecule has 3 heterocycles. The maximum Gasteiger partial charge on any atom is 0.314 e. The number of nitrogens with zero attached hydrogens (tertiary/aromatic N) is 1. The van der Waals surface area contributed by atoms with Gasteiger partial charge in [0.25, 0.3) is 0 Å². The van der Waals surface area contributed by atoms with Crippen LogP contribution in [0.15, 0.2) is 16.5 Å². The summed E-state index contributed by atoms with van der Waals surface area (Å²) in [5.41, 5.74) is 0. The molecule has 2 N–H and O–H groups in total. The van der Waals surface area contributed by atoms with Gasteiger partial charge in [-0.2, -0.15) is 0 Å². The first-order valence-corrected chi connectivity index (χ1v) is 8.70. The van der Waals surface area contributed by atoms with Crippen LogP contribution in [0.1, 0.15) is 24.0 Å². The summed E-state index contributed by atoms with van der Waals surface area (Å²) < 4.78 is 16.6. The van der Waals surface area contributed by atoms with Crippen molar-refractivity contribution in [2.75, 3.05) is 52.6 Å². The Kier molecular flexibility index (Phi) is 6.12. The van der Waals surface area contributed by atoms with E-state index in [-0.39, 0.29) is 12.1 Å². The monoisotopic (exact) mass is 337 g/mol. The molecule has 2 amide bonds. The van der Waals surface area contributed by atoms with Crippen LogP contribution < -0.4 is 10.6 Å². The molecule has 24 heavy (non-hydrogen) atoms. The summed E-state index contributed by atoms with van der Waals surface area (Å²) in [6.07, 6.45) is 1.02. The minimum atomic E-state index is -0.136. The van der Waals surface area contributed by atoms with E-state index in [0.717, 1.165) is 44.2 Å². The molecule has 0 bridgehead atoms. The minimum Gasteiger partial charge on any atom is -0.465 e. The second-order valence-corrected chi connectivity index (χ2v) is 6.43. The van der Waals surface area contributed by atoms with Crippen molar-refractivity contribution < 1.29 is 18.7 Å². The first kappa shape index (κ1) is 17.3. The van der Waals surface area contributed by atoms with E-state index in [1.165, 1.54) is 0 Å². The standard InChI is InChI=1S/C17H27N3O4/c1-13-2-3-16(24-13)15(20-5-8-22-9-6-20)11-19-17(21)18-10-14-4-7-23-12-14/h2-3,14-15H,4-12H2,1H3,(H2,18,19,21)/t14-,15+/m0/s1. The van der Waals surface area contributed by atoms with Gasteiger partial charge < -0.3 is 24.5 Å². The van der Waals surface area contributed by atoms with Gasteiger partial charge in [-0.25, -0.2) is 4.79 Å². The molecule has 7 heteroatoms. The number of carbonyl (C=O) groups excluding carboxylic acids is 1. The van der Waals surface area contributed by atoms with Crippen LogP contribution in [-0.4, -0.2) is 63.5 Å². The van der Waals surface area contributed by atoms with E-state index in [4.69, 9.17) is 13.9 Å². The van der Waals surface area contributed by atoms with Crippen molar-refractivity contribution in [2.45, 2.75) is 19.4 Å². The minimum absolute atomic E-state index is 0.0307. The number of morpholine rings is 1. The van der Waals surface area contributed by atoms with Crippen molar-refractivity contribution in [1.82, 2.24) is 15.5 Å². The van der Waals surface area contributed by atoms with Gasteiger partial charge in [0.2, 0.25) is 0 Å². The molecule has 3 rings (SSSR count). The zero-order valence-corrected chi connectivity index (χ0v) is 14.3. The van der Waals surface area contributed by atoms with E-state index < -0.39 is 0 Å². The number of amides is 2. The van der Waals surface area contributed by atoms with Gasteiger partial charge in [-0.3, -0.25) is 4.90 Å². The zero-order chi connectivity index (χ0) is 16.8. The average Bonchev–Trinajstić information content (AvgIpc) is 3.26. The maximum absolute atomic E-state index is 12.1. The second-order valence-electron chi connectivity index (χ2n) is 6.43. The fourth-order valence-corrected chi connectivity index (χ4v) is 3.16. The molecule has 0 saturated carbocycles. The fourth-order valence-electron chi connectivity index (χ4n) is 3.16. The summed E-state index contributed by atoms with van der Waals surface area (Å²) >= 11 is 0. The maximum atomic E-state index is 12.1. The smallest absolute Gasteiger partial charge is 0.314 e. The summed E-state index contributed by atoms with van der Waals surface area (Å²) in [6, 6.07) is 3.85. The molecule has 0 spiro atoms. The topological polar surface area (TPSA) is 76.0 Å². The summed E-state index contributed by atoms with van der Waals surface area (Å²) in [4.78, 5) is 14.4. The Morgan fingerprint density at radius 1 is 1.25 bits per heavy atom. The number of aryl methyl sites for hydroxylation is 1. The van der Waals surface area contributed by atoms with Crippen molar-refractivity contribution in [1.29, 1.82) is 0 Å². The van der Waals surface area contributed by atoms with E-state index in [1.807, 2.05) is 19.1 Å². The molecule has 0 aliphatic carbocycles. The Bertz CT molecular complexity index is 522. The van der Waals surface area contributed by atoms with Gasteiger partial charge >= 0.3 is 6.03 Å². The van der Waals surface area contributed by atoms with Gasteiger partial charge in [-0.05, 0) is 25.5 Å². The normalized spacial score (nSPS) is 23.1. The van der Waals surface area contributed by atoms with Gasteiger partial charge in [-0.1, -0.05) is 0 Å². The van der Waals surface area contributed by atoms with E-state index in [9.17, 15) is 4.79 Å². The lowest BCUT2D eigenvalue weighted by Gasteiger charge is -2.33. The molecule has 2 aliphatic heterocycles. The highest BCUT2D eigenvalue weighted by molar-refractivity contribution is 5.73. The van der Waals surface area contributed by atoms with Crippen molar-refractivity contribution >= 4 is 6.03 Å². The Morgan fingerprint density at radius 2 is 2.08 bits per heavy atom. The van der Waals surface area contributed by atoms with Crippen LogP contribution >= 0.6 is 0 Å². The first-order valence-electron chi connectivity index (χ1n) is 8.70. The Labute approximate surface area is 142 Å². The van der Waals surface area contributed by atoms with Crippen LogP contribution in [0.25, 0.3) is 0 Å². The molecular formula is C17H27N3O4. The zero-order valence-electron chi connectivity index (χ0n) is 14.3. The number of hydrogen-bond acceptors (Lipinski definition) is 5. The largest absolute Gasteiger partial charge is 0.465 e. The molecule has 1 aromatic heterocycles. The highest BCUT2D eigenvalue weighted by atomic mass is 16.5. The van der Waals surface area contributed by atoms with Crippen LogP contribution in [0, 0.1) is 12.8 Å². The van der Waals surface area contributed by atoms with E-state index in [2.05, 4.69) is 15.5 Å². The molecule has 2 fully saturated rings. The molecule has 7 nitrogen and oxygen atoms in total. The fraction of sp³-hybridized carbons (Fsp3) is 0.706. The summed E-state index contributed by atoms with van der Waals surface area (Å²) in [6.45, 7) is 7.75. The number of nitrogens with one attached hydrogen (secondary N) is 2.